The Kier molecular flexibility index (Phi) is 4.97. The summed E-state index contributed by atoms with van der Waals surface area (Å²) in [5.41, 5.74) is 8.94. The van der Waals surface area contributed by atoms with E-state index in [1.165, 1.54) is 11.1 Å². The molecule has 0 fully saturated rings. The number of hydrogen-bond donors (Lipinski definition) is 1. The number of hydrogen-bond acceptors (Lipinski definition) is 3. The van der Waals surface area contributed by atoms with Crippen molar-refractivity contribution in [2.75, 3.05) is 32.8 Å². The molecule has 1 aromatic carbocycles. The second kappa shape index (κ2) is 6.51. The summed E-state index contributed by atoms with van der Waals surface area (Å²) in [5, 5.41) is 0. The summed E-state index contributed by atoms with van der Waals surface area (Å²) < 4.78 is 5.64. The summed E-state index contributed by atoms with van der Waals surface area (Å²) in [7, 11) is 0. The van der Waals surface area contributed by atoms with Gasteiger partial charge in [-0.3, -0.25) is 4.90 Å². The fourth-order valence-electron chi connectivity index (χ4n) is 2.81. The SMILES string of the molecule is CCOCC(C)(CN)N1CCc2ccccc2CC1. The van der Waals surface area contributed by atoms with Crippen LogP contribution in [0.1, 0.15) is 25.0 Å². The Balaban J connectivity index is 2.07. The molecule has 1 unspecified atom stereocenters. The molecule has 1 atom stereocenters. The smallest absolute Gasteiger partial charge is 0.0659 e. The minimum atomic E-state index is -0.0436. The van der Waals surface area contributed by atoms with Gasteiger partial charge in [-0.1, -0.05) is 24.3 Å². The zero-order valence-corrected chi connectivity index (χ0v) is 12.2. The Bertz CT molecular complexity index is 380. The molecule has 0 saturated heterocycles. The zero-order valence-electron chi connectivity index (χ0n) is 12.2. The quantitative estimate of drug-likeness (QED) is 0.880. The first-order valence-electron chi connectivity index (χ1n) is 7.29. The van der Waals surface area contributed by atoms with E-state index in [1.54, 1.807) is 0 Å². The standard InChI is InChI=1S/C16H26N2O/c1-3-19-13-16(2,12-17)18-10-8-14-6-4-5-7-15(14)9-11-18/h4-7H,3,8-13,17H2,1-2H3. The molecule has 0 aromatic heterocycles. The molecule has 2 rings (SSSR count). The second-order valence-electron chi connectivity index (χ2n) is 5.59. The van der Waals surface area contributed by atoms with Gasteiger partial charge >= 0.3 is 0 Å². The highest BCUT2D eigenvalue weighted by molar-refractivity contribution is 5.28. The van der Waals surface area contributed by atoms with E-state index in [0.29, 0.717) is 6.54 Å². The van der Waals surface area contributed by atoms with Crippen LogP contribution in [0.25, 0.3) is 0 Å². The van der Waals surface area contributed by atoms with Gasteiger partial charge < -0.3 is 10.5 Å². The summed E-state index contributed by atoms with van der Waals surface area (Å²) in [6, 6.07) is 8.77. The molecule has 0 amide bonds. The highest BCUT2D eigenvalue weighted by Crippen LogP contribution is 2.21. The molecule has 1 aliphatic rings. The lowest BCUT2D eigenvalue weighted by molar-refractivity contribution is 0.0123. The average molecular weight is 262 g/mol. The van der Waals surface area contributed by atoms with Crippen molar-refractivity contribution < 1.29 is 4.74 Å². The third kappa shape index (κ3) is 3.35. The molecule has 1 heterocycles. The zero-order chi connectivity index (χ0) is 13.7. The molecule has 2 N–H and O–H groups in total. The van der Waals surface area contributed by atoms with E-state index in [1.807, 2.05) is 6.92 Å². The Labute approximate surface area is 116 Å². The van der Waals surface area contributed by atoms with Crippen molar-refractivity contribution in [1.82, 2.24) is 4.90 Å². The van der Waals surface area contributed by atoms with Gasteiger partial charge in [-0.2, -0.15) is 0 Å². The van der Waals surface area contributed by atoms with Crippen molar-refractivity contribution in [1.29, 1.82) is 0 Å². The molecule has 0 aliphatic carbocycles. The molecule has 1 aromatic rings. The van der Waals surface area contributed by atoms with Gasteiger partial charge in [0.1, 0.15) is 0 Å². The predicted molar refractivity (Wildman–Crippen MR) is 79.4 cm³/mol. The van der Waals surface area contributed by atoms with Crippen molar-refractivity contribution in [2.45, 2.75) is 32.2 Å². The topological polar surface area (TPSA) is 38.5 Å². The molecule has 0 bridgehead atoms. The van der Waals surface area contributed by atoms with Crippen LogP contribution in [0.5, 0.6) is 0 Å². The first-order valence-corrected chi connectivity index (χ1v) is 7.29. The molecular weight excluding hydrogens is 236 g/mol. The lowest BCUT2D eigenvalue weighted by Gasteiger charge is -2.39. The molecule has 106 valence electrons. The van der Waals surface area contributed by atoms with E-state index in [0.717, 1.165) is 39.1 Å². The Morgan fingerprint density at radius 2 is 1.79 bits per heavy atom. The van der Waals surface area contributed by atoms with Crippen LogP contribution >= 0.6 is 0 Å². The molecule has 0 radical (unpaired) electrons. The maximum absolute atomic E-state index is 6.01. The van der Waals surface area contributed by atoms with E-state index in [-0.39, 0.29) is 5.54 Å². The Hall–Kier alpha value is -0.900. The lowest BCUT2D eigenvalue weighted by Crippen LogP contribution is -2.55. The highest BCUT2D eigenvalue weighted by Gasteiger charge is 2.31. The van der Waals surface area contributed by atoms with Gasteiger partial charge in [0.2, 0.25) is 0 Å². The highest BCUT2D eigenvalue weighted by atomic mass is 16.5. The van der Waals surface area contributed by atoms with Crippen LogP contribution in [0, 0.1) is 0 Å². The predicted octanol–water partition coefficient (Wildman–Crippen LogP) is 1.84. The summed E-state index contributed by atoms with van der Waals surface area (Å²) in [5.74, 6) is 0. The Morgan fingerprint density at radius 1 is 1.21 bits per heavy atom. The molecular formula is C16H26N2O. The van der Waals surface area contributed by atoms with Crippen molar-refractivity contribution in [3.8, 4) is 0 Å². The first-order chi connectivity index (χ1) is 9.19. The van der Waals surface area contributed by atoms with Gasteiger partial charge in [-0.25, -0.2) is 0 Å². The second-order valence-corrected chi connectivity index (χ2v) is 5.59. The minimum Gasteiger partial charge on any atom is -0.380 e. The van der Waals surface area contributed by atoms with Crippen LogP contribution in [-0.4, -0.2) is 43.3 Å². The van der Waals surface area contributed by atoms with Crippen molar-refractivity contribution >= 4 is 0 Å². The van der Waals surface area contributed by atoms with Gasteiger partial charge in [-0.15, -0.1) is 0 Å². The van der Waals surface area contributed by atoms with Gasteiger partial charge in [-0.05, 0) is 37.8 Å². The van der Waals surface area contributed by atoms with Gasteiger partial charge in [0.05, 0.1) is 12.1 Å². The monoisotopic (exact) mass is 262 g/mol. The van der Waals surface area contributed by atoms with Crippen molar-refractivity contribution in [3.63, 3.8) is 0 Å². The largest absolute Gasteiger partial charge is 0.380 e. The number of fused-ring (bicyclic) bond motifs is 1. The molecule has 0 saturated carbocycles. The van der Waals surface area contributed by atoms with Gasteiger partial charge in [0.25, 0.3) is 0 Å². The maximum Gasteiger partial charge on any atom is 0.0659 e. The number of ether oxygens (including phenoxy) is 1. The van der Waals surface area contributed by atoms with Crippen LogP contribution in [0.15, 0.2) is 24.3 Å². The van der Waals surface area contributed by atoms with Crippen LogP contribution in [0.4, 0.5) is 0 Å². The fourth-order valence-corrected chi connectivity index (χ4v) is 2.81. The average Bonchev–Trinajstić information content (AvgIpc) is 2.67. The first kappa shape index (κ1) is 14.5. The van der Waals surface area contributed by atoms with Crippen LogP contribution in [0.3, 0.4) is 0 Å². The maximum atomic E-state index is 6.01. The number of nitrogens with two attached hydrogens (primary N) is 1. The van der Waals surface area contributed by atoms with E-state index in [4.69, 9.17) is 10.5 Å². The molecule has 19 heavy (non-hydrogen) atoms. The Morgan fingerprint density at radius 3 is 2.26 bits per heavy atom. The van der Waals surface area contributed by atoms with Crippen LogP contribution < -0.4 is 5.73 Å². The third-order valence-corrected chi connectivity index (χ3v) is 4.24. The van der Waals surface area contributed by atoms with Crippen molar-refractivity contribution in [2.24, 2.45) is 5.73 Å². The van der Waals surface area contributed by atoms with E-state index >= 15 is 0 Å². The summed E-state index contributed by atoms with van der Waals surface area (Å²) in [6.45, 7) is 8.51. The minimum absolute atomic E-state index is 0.0436. The summed E-state index contributed by atoms with van der Waals surface area (Å²) in [4.78, 5) is 2.50. The molecule has 0 spiro atoms. The van der Waals surface area contributed by atoms with E-state index < -0.39 is 0 Å². The van der Waals surface area contributed by atoms with Crippen molar-refractivity contribution in [3.05, 3.63) is 35.4 Å². The van der Waals surface area contributed by atoms with Crippen LogP contribution in [0.2, 0.25) is 0 Å². The summed E-state index contributed by atoms with van der Waals surface area (Å²) >= 11 is 0. The van der Waals surface area contributed by atoms with Crippen LogP contribution in [-0.2, 0) is 17.6 Å². The number of benzene rings is 1. The normalized spacial score (nSPS) is 19.5. The molecule has 1 aliphatic heterocycles. The third-order valence-electron chi connectivity index (χ3n) is 4.24. The number of rotatable bonds is 5. The molecule has 3 nitrogen and oxygen atoms in total. The van der Waals surface area contributed by atoms with Gasteiger partial charge in [0, 0.05) is 26.2 Å². The van der Waals surface area contributed by atoms with E-state index in [9.17, 15) is 0 Å². The van der Waals surface area contributed by atoms with Gasteiger partial charge in [0.15, 0.2) is 0 Å². The number of nitrogens with zero attached hydrogens (tertiary/aromatic N) is 1. The fraction of sp³-hybridized carbons (Fsp3) is 0.625. The summed E-state index contributed by atoms with van der Waals surface area (Å²) in [6.07, 6.45) is 2.22. The molecule has 3 heteroatoms. The van der Waals surface area contributed by atoms with E-state index in [2.05, 4.69) is 36.1 Å². The lowest BCUT2D eigenvalue weighted by atomic mass is 10.0.